The summed E-state index contributed by atoms with van der Waals surface area (Å²) in [5, 5.41) is 23.5. The van der Waals surface area contributed by atoms with Crippen LogP contribution in [-0.2, 0) is 25.7 Å². The molecule has 28 heavy (non-hydrogen) atoms. The maximum absolute atomic E-state index is 10.4. The van der Waals surface area contributed by atoms with Crippen molar-refractivity contribution in [2.24, 2.45) is 0 Å². The minimum atomic E-state index is -0.532. The summed E-state index contributed by atoms with van der Waals surface area (Å²) in [7, 11) is 0. The van der Waals surface area contributed by atoms with Gasteiger partial charge in [-0.15, -0.1) is 12.4 Å². The monoisotopic (exact) mass is 403 g/mol. The Morgan fingerprint density at radius 2 is 1.89 bits per heavy atom. The lowest BCUT2D eigenvalue weighted by Crippen LogP contribution is -2.40. The van der Waals surface area contributed by atoms with Crippen molar-refractivity contribution in [3.05, 3.63) is 58.7 Å². The Morgan fingerprint density at radius 1 is 1.04 bits per heavy atom. The number of ether oxygens (including phenoxy) is 1. The molecule has 0 spiro atoms. The number of aromatic hydroxyl groups is 1. The molecule has 2 aliphatic rings. The van der Waals surface area contributed by atoms with E-state index in [2.05, 4.69) is 17.4 Å². The molecule has 0 heterocycles. The van der Waals surface area contributed by atoms with Gasteiger partial charge in [-0.1, -0.05) is 18.2 Å². The molecular weight excluding hydrogens is 374 g/mol. The first-order chi connectivity index (χ1) is 13.2. The first kappa shape index (κ1) is 21.0. The van der Waals surface area contributed by atoms with Crippen LogP contribution in [0.25, 0.3) is 0 Å². The second-order valence-corrected chi connectivity index (χ2v) is 7.87. The van der Waals surface area contributed by atoms with Crippen LogP contribution in [0, 0.1) is 0 Å². The van der Waals surface area contributed by atoms with E-state index in [1.165, 1.54) is 35.1 Å². The number of nitrogens with one attached hydrogen (secondary N) is 1. The van der Waals surface area contributed by atoms with Gasteiger partial charge in [0.05, 0.1) is 0 Å². The van der Waals surface area contributed by atoms with E-state index in [0.717, 1.165) is 37.9 Å². The van der Waals surface area contributed by atoms with Crippen LogP contribution < -0.4 is 10.1 Å². The molecular formula is C23H30ClNO3. The van der Waals surface area contributed by atoms with Crippen molar-refractivity contribution < 1.29 is 14.9 Å². The van der Waals surface area contributed by atoms with Crippen molar-refractivity contribution in [2.75, 3.05) is 13.2 Å². The number of fused-ring (bicyclic) bond motifs is 2. The highest BCUT2D eigenvalue weighted by atomic mass is 35.5. The van der Waals surface area contributed by atoms with E-state index in [0.29, 0.717) is 24.9 Å². The lowest BCUT2D eigenvalue weighted by atomic mass is 9.88. The van der Waals surface area contributed by atoms with Gasteiger partial charge in [-0.05, 0) is 85.4 Å². The number of aliphatic hydroxyl groups excluding tert-OH is 1. The summed E-state index contributed by atoms with van der Waals surface area (Å²) >= 11 is 0. The molecule has 3 N–H and O–H groups in total. The third-order valence-corrected chi connectivity index (χ3v) is 5.84. The molecule has 0 bridgehead atoms. The minimum absolute atomic E-state index is 0. The SMILES string of the molecule is Cl.Oc1ccc2c(c1)CC(NCC(O)COc1cccc3c1CCCC3)CC2. The molecule has 0 fully saturated rings. The fourth-order valence-corrected chi connectivity index (χ4v) is 4.35. The fraction of sp³-hybridized carbons (Fsp3) is 0.478. The molecule has 0 saturated heterocycles. The van der Waals surface area contributed by atoms with E-state index in [4.69, 9.17) is 4.74 Å². The van der Waals surface area contributed by atoms with Gasteiger partial charge in [0.2, 0.25) is 0 Å². The number of hydrogen-bond donors (Lipinski definition) is 3. The molecule has 2 unspecified atom stereocenters. The van der Waals surface area contributed by atoms with Crippen LogP contribution in [0.4, 0.5) is 0 Å². The van der Waals surface area contributed by atoms with Crippen molar-refractivity contribution in [2.45, 2.75) is 57.1 Å². The van der Waals surface area contributed by atoms with Crippen molar-refractivity contribution in [3.63, 3.8) is 0 Å². The molecule has 2 aromatic rings. The summed E-state index contributed by atoms with van der Waals surface area (Å²) in [4.78, 5) is 0. The van der Waals surface area contributed by atoms with Gasteiger partial charge in [-0.25, -0.2) is 0 Å². The summed E-state index contributed by atoms with van der Waals surface area (Å²) < 4.78 is 5.96. The van der Waals surface area contributed by atoms with Crippen LogP contribution in [0.15, 0.2) is 36.4 Å². The lowest BCUT2D eigenvalue weighted by molar-refractivity contribution is 0.102. The molecule has 2 atom stereocenters. The van der Waals surface area contributed by atoms with Gasteiger partial charge >= 0.3 is 0 Å². The molecule has 0 aliphatic heterocycles. The van der Waals surface area contributed by atoms with E-state index < -0.39 is 6.10 Å². The highest BCUT2D eigenvalue weighted by Crippen LogP contribution is 2.29. The number of aliphatic hydroxyl groups is 1. The van der Waals surface area contributed by atoms with Crippen LogP contribution in [0.2, 0.25) is 0 Å². The average Bonchev–Trinajstić information content (AvgIpc) is 2.70. The molecule has 0 aromatic heterocycles. The zero-order chi connectivity index (χ0) is 18.6. The topological polar surface area (TPSA) is 61.7 Å². The number of halogens is 1. The number of rotatable bonds is 6. The van der Waals surface area contributed by atoms with Gasteiger partial charge in [0.25, 0.3) is 0 Å². The van der Waals surface area contributed by atoms with Crippen LogP contribution >= 0.6 is 12.4 Å². The molecule has 4 nitrogen and oxygen atoms in total. The largest absolute Gasteiger partial charge is 0.508 e. The Labute approximate surface area is 173 Å². The number of phenols is 1. The average molecular weight is 404 g/mol. The zero-order valence-corrected chi connectivity index (χ0v) is 17.0. The highest BCUT2D eigenvalue weighted by molar-refractivity contribution is 5.85. The van der Waals surface area contributed by atoms with E-state index in [-0.39, 0.29) is 12.4 Å². The highest BCUT2D eigenvalue weighted by Gasteiger charge is 2.20. The Morgan fingerprint density at radius 3 is 2.79 bits per heavy atom. The maximum Gasteiger partial charge on any atom is 0.122 e. The van der Waals surface area contributed by atoms with Crippen molar-refractivity contribution in [3.8, 4) is 11.5 Å². The van der Waals surface area contributed by atoms with Crippen LogP contribution in [-0.4, -0.2) is 35.5 Å². The summed E-state index contributed by atoms with van der Waals surface area (Å²) in [6, 6.07) is 12.2. The van der Waals surface area contributed by atoms with E-state index >= 15 is 0 Å². The Bertz CT molecular complexity index is 795. The van der Waals surface area contributed by atoms with Gasteiger partial charge in [0, 0.05) is 12.6 Å². The molecule has 0 amide bonds. The van der Waals surface area contributed by atoms with Crippen molar-refractivity contribution in [1.29, 1.82) is 0 Å². The number of hydrogen-bond acceptors (Lipinski definition) is 4. The minimum Gasteiger partial charge on any atom is -0.508 e. The summed E-state index contributed by atoms with van der Waals surface area (Å²) in [6.45, 7) is 0.835. The van der Waals surface area contributed by atoms with E-state index in [9.17, 15) is 10.2 Å². The zero-order valence-electron chi connectivity index (χ0n) is 16.2. The summed E-state index contributed by atoms with van der Waals surface area (Å²) in [6.07, 6.45) is 7.11. The van der Waals surface area contributed by atoms with Crippen LogP contribution in [0.3, 0.4) is 0 Å². The second kappa shape index (κ2) is 9.64. The molecule has 0 saturated carbocycles. The standard InChI is InChI=1S/C23H29NO3.ClH/c25-20-11-9-16-8-10-19(12-18(16)13-20)24-14-21(26)15-27-23-7-3-5-17-4-1-2-6-22(17)23;/h3,5,7,9,11,13,19,21,24-26H,1-2,4,6,8,10,12,14-15H2;1H. The summed E-state index contributed by atoms with van der Waals surface area (Å²) in [5.74, 6) is 1.27. The third kappa shape index (κ3) is 4.99. The molecule has 5 heteroatoms. The van der Waals surface area contributed by atoms with Crippen molar-refractivity contribution >= 4 is 12.4 Å². The van der Waals surface area contributed by atoms with Gasteiger partial charge < -0.3 is 20.3 Å². The third-order valence-electron chi connectivity index (χ3n) is 5.84. The Balaban J connectivity index is 0.00000225. The van der Waals surface area contributed by atoms with Crippen LogP contribution in [0.1, 0.15) is 41.5 Å². The van der Waals surface area contributed by atoms with Gasteiger partial charge in [0.1, 0.15) is 24.2 Å². The van der Waals surface area contributed by atoms with Crippen LogP contribution in [0.5, 0.6) is 11.5 Å². The Hall–Kier alpha value is -1.75. The number of benzene rings is 2. The quantitative estimate of drug-likeness (QED) is 0.689. The first-order valence-corrected chi connectivity index (χ1v) is 10.1. The molecule has 0 radical (unpaired) electrons. The van der Waals surface area contributed by atoms with E-state index in [1.807, 2.05) is 18.2 Å². The molecule has 2 aliphatic carbocycles. The first-order valence-electron chi connectivity index (χ1n) is 10.1. The lowest BCUT2D eigenvalue weighted by Gasteiger charge is -2.27. The predicted molar refractivity (Wildman–Crippen MR) is 114 cm³/mol. The molecule has 2 aromatic carbocycles. The van der Waals surface area contributed by atoms with Crippen molar-refractivity contribution in [1.82, 2.24) is 5.32 Å². The smallest absolute Gasteiger partial charge is 0.122 e. The Kier molecular flexibility index (Phi) is 7.22. The van der Waals surface area contributed by atoms with Gasteiger partial charge in [-0.2, -0.15) is 0 Å². The number of phenolic OH excluding ortho intramolecular Hbond substituents is 1. The maximum atomic E-state index is 10.4. The fourth-order valence-electron chi connectivity index (χ4n) is 4.35. The normalized spacial score (nSPS) is 19.1. The number of aryl methyl sites for hydroxylation is 2. The molecule has 152 valence electrons. The van der Waals surface area contributed by atoms with E-state index in [1.54, 1.807) is 6.07 Å². The summed E-state index contributed by atoms with van der Waals surface area (Å²) in [5.41, 5.74) is 5.26. The van der Waals surface area contributed by atoms with Gasteiger partial charge in [0.15, 0.2) is 0 Å². The predicted octanol–water partition coefficient (Wildman–Crippen LogP) is 3.58. The van der Waals surface area contributed by atoms with Gasteiger partial charge in [-0.3, -0.25) is 0 Å². The second-order valence-electron chi connectivity index (χ2n) is 7.87. The molecule has 4 rings (SSSR count).